The van der Waals surface area contributed by atoms with Crippen LogP contribution >= 0.6 is 7.41 Å². The molecule has 0 fully saturated rings. The van der Waals surface area contributed by atoms with E-state index in [4.69, 9.17) is 5.50 Å². The summed E-state index contributed by atoms with van der Waals surface area (Å²) in [5.74, 6) is 0. The fourth-order valence-electron chi connectivity index (χ4n) is 3.96. The first kappa shape index (κ1) is 29.6. The van der Waals surface area contributed by atoms with Gasteiger partial charge in [0.25, 0.3) is 0 Å². The van der Waals surface area contributed by atoms with E-state index < -0.39 is 7.41 Å². The second-order valence-electron chi connectivity index (χ2n) is 8.69. The van der Waals surface area contributed by atoms with Crippen LogP contribution in [0, 0.1) is 0 Å². The van der Waals surface area contributed by atoms with Crippen molar-refractivity contribution in [3.05, 3.63) is 0 Å². The van der Waals surface area contributed by atoms with Crippen molar-refractivity contribution in [1.82, 2.24) is 0 Å². The summed E-state index contributed by atoms with van der Waals surface area (Å²) in [6.07, 6.45) is 29.5. The third kappa shape index (κ3) is 20.9. The van der Waals surface area contributed by atoms with Crippen molar-refractivity contribution in [2.24, 2.45) is 5.50 Å². The van der Waals surface area contributed by atoms with E-state index >= 15 is 0 Å². The normalized spacial score (nSPS) is 11.6. The van der Waals surface area contributed by atoms with Crippen LogP contribution in [0.3, 0.4) is 0 Å². The molecule has 0 atom stereocenters. The summed E-state index contributed by atoms with van der Waals surface area (Å²) in [5.41, 5.74) is 7.03. The first-order valence-corrected chi connectivity index (χ1v) is 14.7. The predicted octanol–water partition coefficient (Wildman–Crippen LogP) is 8.13. The minimum Gasteiger partial charge on any atom is -0.412 e. The Kier molecular flexibility index (Phi) is 24.8. The van der Waals surface area contributed by atoms with Crippen LogP contribution in [0.4, 0.5) is 0 Å². The zero-order valence-corrected chi connectivity index (χ0v) is 20.3. The van der Waals surface area contributed by atoms with Crippen molar-refractivity contribution in [3.63, 3.8) is 0 Å². The molecular formula is C24H55NOP+. The molecule has 0 aliphatic heterocycles. The predicted molar refractivity (Wildman–Crippen MR) is 129 cm³/mol. The summed E-state index contributed by atoms with van der Waals surface area (Å²) < 4.78 is 0. The summed E-state index contributed by atoms with van der Waals surface area (Å²) >= 11 is 0. The highest BCUT2D eigenvalue weighted by Gasteiger charge is 2.30. The molecule has 3 heteroatoms. The molecule has 0 rings (SSSR count). The van der Waals surface area contributed by atoms with Gasteiger partial charge in [0.2, 0.25) is 0 Å². The van der Waals surface area contributed by atoms with Gasteiger partial charge in [0.15, 0.2) is 0 Å². The molecule has 2 nitrogen and oxygen atoms in total. The first-order chi connectivity index (χ1) is 12.7. The van der Waals surface area contributed by atoms with Crippen molar-refractivity contribution >= 4 is 7.41 Å². The van der Waals surface area contributed by atoms with Crippen LogP contribution in [0.15, 0.2) is 0 Å². The van der Waals surface area contributed by atoms with Crippen LogP contribution < -0.4 is 5.50 Å². The summed E-state index contributed by atoms with van der Waals surface area (Å²) in [6, 6.07) is 0. The maximum absolute atomic E-state index is 7.03. The molecule has 27 heavy (non-hydrogen) atoms. The van der Waals surface area contributed by atoms with Crippen LogP contribution in [-0.4, -0.2) is 24.0 Å². The molecule has 0 spiro atoms. The highest BCUT2D eigenvalue weighted by molar-refractivity contribution is 7.73. The van der Waals surface area contributed by atoms with E-state index in [2.05, 4.69) is 20.8 Å². The van der Waals surface area contributed by atoms with Crippen molar-refractivity contribution in [1.29, 1.82) is 0 Å². The van der Waals surface area contributed by atoms with Crippen LogP contribution in [0.5, 0.6) is 0 Å². The summed E-state index contributed by atoms with van der Waals surface area (Å²) in [5, 5.41) is 0. The largest absolute Gasteiger partial charge is 0.412 e. The van der Waals surface area contributed by atoms with Gasteiger partial charge in [0, 0.05) is 0 Å². The van der Waals surface area contributed by atoms with E-state index in [0.717, 1.165) is 0 Å². The Hall–Kier alpha value is 0.350. The van der Waals surface area contributed by atoms with Gasteiger partial charge in [-0.25, -0.2) is 5.50 Å². The molecule has 0 radical (unpaired) electrons. The number of hydrogen-bond acceptors (Lipinski definition) is 1. The molecule has 0 aromatic rings. The average Bonchev–Trinajstić information content (AvgIpc) is 2.64. The molecule has 0 amide bonds. The van der Waals surface area contributed by atoms with E-state index in [1.54, 1.807) is 0 Å². The minimum absolute atomic E-state index is 0. The lowest BCUT2D eigenvalue weighted by Gasteiger charge is -2.23. The summed E-state index contributed by atoms with van der Waals surface area (Å²) in [4.78, 5) is 0. The van der Waals surface area contributed by atoms with Gasteiger partial charge in [0.05, 0.1) is 25.9 Å². The van der Waals surface area contributed by atoms with E-state index in [1.165, 1.54) is 134 Å². The Morgan fingerprint density at radius 2 is 0.630 bits per heavy atom. The smallest absolute Gasteiger partial charge is 0.0770 e. The van der Waals surface area contributed by atoms with Crippen molar-refractivity contribution in [2.75, 3.05) is 18.5 Å². The van der Waals surface area contributed by atoms with E-state index in [0.29, 0.717) is 0 Å². The number of nitrogens with two attached hydrogens (primary N) is 1. The van der Waals surface area contributed by atoms with E-state index in [9.17, 15) is 0 Å². The molecule has 166 valence electrons. The van der Waals surface area contributed by atoms with Gasteiger partial charge in [-0.2, -0.15) is 0 Å². The highest BCUT2D eigenvalue weighted by Crippen LogP contribution is 2.53. The maximum atomic E-state index is 7.03. The zero-order valence-electron chi connectivity index (χ0n) is 19.4. The second-order valence-corrected chi connectivity index (χ2v) is 12.5. The summed E-state index contributed by atoms with van der Waals surface area (Å²) in [7, 11) is -1.14. The standard InChI is InChI=1S/C24H53NP.H2O/c1-4-7-10-13-16-19-22-26(25,23-20-17-14-11-8-5-2)24-21-18-15-12-9-6-3;/h4-25H2,1-3H3;1H2/q+1;. The van der Waals surface area contributed by atoms with Crippen LogP contribution in [0.2, 0.25) is 0 Å². The van der Waals surface area contributed by atoms with E-state index in [1.807, 2.05) is 0 Å². The van der Waals surface area contributed by atoms with Gasteiger partial charge in [-0.05, 0) is 38.5 Å². The molecule has 0 aromatic carbocycles. The Labute approximate surface area is 173 Å². The van der Waals surface area contributed by atoms with Gasteiger partial charge >= 0.3 is 0 Å². The molecule has 0 heterocycles. The van der Waals surface area contributed by atoms with Gasteiger partial charge in [-0.15, -0.1) is 0 Å². The third-order valence-corrected chi connectivity index (χ3v) is 9.49. The maximum Gasteiger partial charge on any atom is 0.0770 e. The molecular weight excluding hydrogens is 349 g/mol. The topological polar surface area (TPSA) is 57.5 Å². The monoisotopic (exact) mass is 404 g/mol. The Balaban J connectivity index is 0. The Morgan fingerprint density at radius 3 is 0.889 bits per heavy atom. The molecule has 0 bridgehead atoms. The molecule has 0 saturated carbocycles. The van der Waals surface area contributed by atoms with Gasteiger partial charge in [-0.3, -0.25) is 0 Å². The van der Waals surface area contributed by atoms with Gasteiger partial charge in [0.1, 0.15) is 0 Å². The van der Waals surface area contributed by atoms with Crippen molar-refractivity contribution in [3.8, 4) is 0 Å². The molecule has 0 unspecified atom stereocenters. The lowest BCUT2D eigenvalue weighted by molar-refractivity contribution is 0.615. The molecule has 0 saturated heterocycles. The number of hydrogen-bond donors (Lipinski definition) is 1. The third-order valence-electron chi connectivity index (χ3n) is 5.87. The second kappa shape index (κ2) is 22.6. The SMILES string of the molecule is CCCCCCCC[P+](N)(CCCCCCCC)CCCCCCCC.O. The lowest BCUT2D eigenvalue weighted by Crippen LogP contribution is -2.17. The molecule has 0 aromatic heterocycles. The summed E-state index contributed by atoms with van der Waals surface area (Å²) in [6.45, 7) is 6.91. The first-order valence-electron chi connectivity index (χ1n) is 12.3. The fourth-order valence-corrected chi connectivity index (χ4v) is 7.19. The Bertz CT molecular complexity index is 232. The zero-order chi connectivity index (χ0) is 19.3. The van der Waals surface area contributed by atoms with Gasteiger partial charge < -0.3 is 5.48 Å². The molecule has 0 aliphatic rings. The van der Waals surface area contributed by atoms with E-state index in [-0.39, 0.29) is 5.48 Å². The molecule has 4 N–H and O–H groups in total. The lowest BCUT2D eigenvalue weighted by atomic mass is 10.1. The van der Waals surface area contributed by atoms with Crippen molar-refractivity contribution < 1.29 is 5.48 Å². The van der Waals surface area contributed by atoms with Gasteiger partial charge in [-0.1, -0.05) is 97.8 Å². The van der Waals surface area contributed by atoms with Crippen LogP contribution in [0.25, 0.3) is 0 Å². The van der Waals surface area contributed by atoms with Crippen LogP contribution in [-0.2, 0) is 0 Å². The Morgan fingerprint density at radius 1 is 0.407 bits per heavy atom. The number of rotatable bonds is 21. The van der Waals surface area contributed by atoms with Crippen LogP contribution in [0.1, 0.15) is 136 Å². The number of unbranched alkanes of at least 4 members (excludes halogenated alkanes) is 15. The molecule has 0 aliphatic carbocycles. The quantitative estimate of drug-likeness (QED) is 0.152. The highest BCUT2D eigenvalue weighted by atomic mass is 31.2. The minimum atomic E-state index is -1.14. The average molecular weight is 405 g/mol. The fraction of sp³-hybridized carbons (Fsp3) is 1.00. The van der Waals surface area contributed by atoms with Crippen molar-refractivity contribution in [2.45, 2.75) is 136 Å².